The van der Waals surface area contributed by atoms with Crippen LogP contribution in [-0.4, -0.2) is 18.3 Å². The predicted octanol–water partition coefficient (Wildman–Crippen LogP) is 0.812. The fourth-order valence-corrected chi connectivity index (χ4v) is 0.915. The summed E-state index contributed by atoms with van der Waals surface area (Å²) in [6.45, 7) is 0.402. The SMILES string of the molecule is Nc1cc(F)cc(NCCO)c1. The molecule has 66 valence electrons. The lowest BCUT2D eigenvalue weighted by Crippen LogP contribution is -2.05. The van der Waals surface area contributed by atoms with E-state index in [1.54, 1.807) is 6.07 Å². The van der Waals surface area contributed by atoms with Gasteiger partial charge in [-0.25, -0.2) is 4.39 Å². The van der Waals surface area contributed by atoms with Gasteiger partial charge in [-0.3, -0.25) is 0 Å². The van der Waals surface area contributed by atoms with Crippen LogP contribution in [0.1, 0.15) is 0 Å². The Balaban J connectivity index is 2.72. The molecule has 4 N–H and O–H groups in total. The fraction of sp³-hybridized carbons (Fsp3) is 0.250. The molecular formula is C8H11FN2O. The van der Waals surface area contributed by atoms with E-state index in [4.69, 9.17) is 10.8 Å². The van der Waals surface area contributed by atoms with Gasteiger partial charge in [0, 0.05) is 17.9 Å². The Labute approximate surface area is 70.0 Å². The van der Waals surface area contributed by atoms with E-state index in [2.05, 4.69) is 5.32 Å². The number of anilines is 2. The number of halogens is 1. The summed E-state index contributed by atoms with van der Waals surface area (Å²) in [5.41, 5.74) is 6.34. The van der Waals surface area contributed by atoms with Gasteiger partial charge in [-0.05, 0) is 18.2 Å². The van der Waals surface area contributed by atoms with Crippen LogP contribution in [0, 0.1) is 5.82 Å². The van der Waals surface area contributed by atoms with Crippen LogP contribution >= 0.6 is 0 Å². The molecule has 0 fully saturated rings. The van der Waals surface area contributed by atoms with E-state index in [0.29, 0.717) is 17.9 Å². The van der Waals surface area contributed by atoms with Crippen molar-refractivity contribution in [2.75, 3.05) is 24.2 Å². The third-order valence-electron chi connectivity index (χ3n) is 1.36. The number of aliphatic hydroxyl groups excluding tert-OH is 1. The van der Waals surface area contributed by atoms with Gasteiger partial charge in [0.15, 0.2) is 0 Å². The Morgan fingerprint density at radius 2 is 2.17 bits per heavy atom. The Kier molecular flexibility index (Phi) is 2.88. The summed E-state index contributed by atoms with van der Waals surface area (Å²) >= 11 is 0. The maximum atomic E-state index is 12.7. The molecule has 0 atom stereocenters. The summed E-state index contributed by atoms with van der Waals surface area (Å²) < 4.78 is 12.7. The molecule has 0 bridgehead atoms. The molecule has 1 aromatic rings. The second-order valence-electron chi connectivity index (χ2n) is 2.42. The lowest BCUT2D eigenvalue weighted by molar-refractivity contribution is 0.311. The van der Waals surface area contributed by atoms with Crippen molar-refractivity contribution >= 4 is 11.4 Å². The van der Waals surface area contributed by atoms with Gasteiger partial charge in [-0.15, -0.1) is 0 Å². The highest BCUT2D eigenvalue weighted by Gasteiger charge is 1.96. The minimum absolute atomic E-state index is 0.0103. The van der Waals surface area contributed by atoms with Crippen molar-refractivity contribution in [3.63, 3.8) is 0 Å². The molecule has 0 amide bonds. The third kappa shape index (κ3) is 2.39. The lowest BCUT2D eigenvalue weighted by Gasteiger charge is -2.04. The first-order chi connectivity index (χ1) is 5.72. The van der Waals surface area contributed by atoms with Crippen molar-refractivity contribution in [3.05, 3.63) is 24.0 Å². The van der Waals surface area contributed by atoms with Crippen LogP contribution in [0.5, 0.6) is 0 Å². The quantitative estimate of drug-likeness (QED) is 0.588. The molecule has 0 saturated heterocycles. The number of hydrogen-bond donors (Lipinski definition) is 3. The highest BCUT2D eigenvalue weighted by atomic mass is 19.1. The van der Waals surface area contributed by atoms with Crippen molar-refractivity contribution < 1.29 is 9.50 Å². The van der Waals surface area contributed by atoms with Gasteiger partial charge in [-0.2, -0.15) is 0 Å². The fourth-order valence-electron chi connectivity index (χ4n) is 0.915. The van der Waals surface area contributed by atoms with Crippen molar-refractivity contribution in [1.82, 2.24) is 0 Å². The second kappa shape index (κ2) is 3.92. The third-order valence-corrected chi connectivity index (χ3v) is 1.36. The van der Waals surface area contributed by atoms with Crippen LogP contribution in [0.15, 0.2) is 18.2 Å². The van der Waals surface area contributed by atoms with Gasteiger partial charge in [0.05, 0.1) is 6.61 Å². The van der Waals surface area contributed by atoms with Gasteiger partial charge >= 0.3 is 0 Å². The zero-order valence-electron chi connectivity index (χ0n) is 6.55. The zero-order chi connectivity index (χ0) is 8.97. The summed E-state index contributed by atoms with van der Waals surface area (Å²) in [7, 11) is 0. The molecule has 0 heterocycles. The summed E-state index contributed by atoms with van der Waals surface area (Å²) in [6.07, 6.45) is 0. The first kappa shape index (κ1) is 8.80. The van der Waals surface area contributed by atoms with Crippen LogP contribution in [0.25, 0.3) is 0 Å². The summed E-state index contributed by atoms with van der Waals surface area (Å²) in [5.74, 6) is -0.379. The van der Waals surface area contributed by atoms with Crippen LogP contribution in [0.3, 0.4) is 0 Å². The van der Waals surface area contributed by atoms with E-state index in [-0.39, 0.29) is 12.4 Å². The van der Waals surface area contributed by atoms with Crippen LogP contribution in [0.4, 0.5) is 15.8 Å². The summed E-state index contributed by atoms with van der Waals surface area (Å²) in [6, 6.07) is 4.18. The number of aliphatic hydroxyl groups is 1. The Bertz CT molecular complexity index is 245. The molecule has 1 rings (SSSR count). The minimum atomic E-state index is -0.379. The molecule has 0 spiro atoms. The largest absolute Gasteiger partial charge is 0.399 e. The normalized spacial score (nSPS) is 9.83. The number of nitrogen functional groups attached to an aromatic ring is 1. The zero-order valence-corrected chi connectivity index (χ0v) is 6.55. The summed E-state index contributed by atoms with van der Waals surface area (Å²) in [5, 5.41) is 11.3. The average Bonchev–Trinajstić information content (AvgIpc) is 1.99. The van der Waals surface area contributed by atoms with Gasteiger partial charge in [-0.1, -0.05) is 0 Å². The molecule has 0 aliphatic carbocycles. The topological polar surface area (TPSA) is 58.3 Å². The smallest absolute Gasteiger partial charge is 0.127 e. The van der Waals surface area contributed by atoms with Crippen LogP contribution in [0.2, 0.25) is 0 Å². The minimum Gasteiger partial charge on any atom is -0.399 e. The molecule has 0 aromatic heterocycles. The number of nitrogens with two attached hydrogens (primary N) is 1. The van der Waals surface area contributed by atoms with Crippen LogP contribution in [-0.2, 0) is 0 Å². The maximum Gasteiger partial charge on any atom is 0.127 e. The number of nitrogens with one attached hydrogen (secondary N) is 1. The van der Waals surface area contributed by atoms with Crippen LogP contribution < -0.4 is 11.1 Å². The standard InChI is InChI=1S/C8H11FN2O/c9-6-3-7(10)5-8(4-6)11-1-2-12/h3-5,11-12H,1-2,10H2. The number of hydrogen-bond acceptors (Lipinski definition) is 3. The Hall–Kier alpha value is -1.29. The molecule has 0 unspecified atom stereocenters. The first-order valence-corrected chi connectivity index (χ1v) is 3.63. The van der Waals surface area contributed by atoms with E-state index < -0.39 is 0 Å². The maximum absolute atomic E-state index is 12.7. The van der Waals surface area contributed by atoms with E-state index in [1.807, 2.05) is 0 Å². The van der Waals surface area contributed by atoms with Crippen molar-refractivity contribution in [1.29, 1.82) is 0 Å². The van der Waals surface area contributed by atoms with Crippen molar-refractivity contribution in [2.24, 2.45) is 0 Å². The molecule has 0 aliphatic heterocycles. The number of rotatable bonds is 3. The van der Waals surface area contributed by atoms with E-state index >= 15 is 0 Å². The van der Waals surface area contributed by atoms with Crippen molar-refractivity contribution in [3.8, 4) is 0 Å². The second-order valence-corrected chi connectivity index (χ2v) is 2.42. The molecule has 4 heteroatoms. The highest BCUT2D eigenvalue weighted by Crippen LogP contribution is 2.14. The monoisotopic (exact) mass is 170 g/mol. The van der Waals surface area contributed by atoms with E-state index in [9.17, 15) is 4.39 Å². The molecule has 12 heavy (non-hydrogen) atoms. The van der Waals surface area contributed by atoms with Gasteiger partial charge in [0.1, 0.15) is 5.82 Å². The molecule has 0 radical (unpaired) electrons. The van der Waals surface area contributed by atoms with E-state index in [0.717, 1.165) is 0 Å². The highest BCUT2D eigenvalue weighted by molar-refractivity contribution is 5.54. The lowest BCUT2D eigenvalue weighted by atomic mass is 10.2. The first-order valence-electron chi connectivity index (χ1n) is 3.63. The molecular weight excluding hydrogens is 159 g/mol. The molecule has 0 aliphatic rings. The Morgan fingerprint density at radius 3 is 2.75 bits per heavy atom. The molecule has 1 aromatic carbocycles. The predicted molar refractivity (Wildman–Crippen MR) is 46.4 cm³/mol. The average molecular weight is 170 g/mol. The van der Waals surface area contributed by atoms with Crippen molar-refractivity contribution in [2.45, 2.75) is 0 Å². The Morgan fingerprint density at radius 1 is 1.42 bits per heavy atom. The molecule has 3 nitrogen and oxygen atoms in total. The molecule has 0 saturated carbocycles. The van der Waals surface area contributed by atoms with E-state index in [1.165, 1.54) is 12.1 Å². The van der Waals surface area contributed by atoms with Gasteiger partial charge in [0.25, 0.3) is 0 Å². The van der Waals surface area contributed by atoms with Gasteiger partial charge in [0.2, 0.25) is 0 Å². The number of benzene rings is 1. The van der Waals surface area contributed by atoms with Gasteiger partial charge < -0.3 is 16.2 Å². The summed E-state index contributed by atoms with van der Waals surface area (Å²) in [4.78, 5) is 0.